The summed E-state index contributed by atoms with van der Waals surface area (Å²) in [6.07, 6.45) is 2.10. The summed E-state index contributed by atoms with van der Waals surface area (Å²) in [5, 5.41) is 3.96. The van der Waals surface area contributed by atoms with Crippen molar-refractivity contribution in [3.8, 4) is 0 Å². The van der Waals surface area contributed by atoms with Gasteiger partial charge in [-0.15, -0.1) is 12.4 Å². The SMILES string of the molecule is CCN(CC)CCn1ccc2cc(NC(=O)C(C)N)ccc21.Cl. The van der Waals surface area contributed by atoms with Crippen LogP contribution in [0.3, 0.4) is 0 Å². The zero-order chi connectivity index (χ0) is 16.1. The van der Waals surface area contributed by atoms with Crippen molar-refractivity contribution in [3.05, 3.63) is 30.5 Å². The molecule has 0 aliphatic heterocycles. The largest absolute Gasteiger partial charge is 0.346 e. The molecule has 0 radical (unpaired) electrons. The maximum atomic E-state index is 11.7. The van der Waals surface area contributed by atoms with Gasteiger partial charge in [0.15, 0.2) is 0 Å². The Labute approximate surface area is 144 Å². The number of rotatable bonds is 7. The highest BCUT2D eigenvalue weighted by Gasteiger charge is 2.09. The Morgan fingerprint density at radius 3 is 2.61 bits per heavy atom. The second-order valence-electron chi connectivity index (χ2n) is 5.59. The molecule has 1 unspecified atom stereocenters. The maximum absolute atomic E-state index is 11.7. The molecule has 1 atom stereocenters. The first-order valence-electron chi connectivity index (χ1n) is 7.92. The molecule has 128 valence electrons. The molecule has 1 amide bonds. The summed E-state index contributed by atoms with van der Waals surface area (Å²) >= 11 is 0. The summed E-state index contributed by atoms with van der Waals surface area (Å²) in [6, 6.07) is 7.54. The quantitative estimate of drug-likeness (QED) is 0.815. The summed E-state index contributed by atoms with van der Waals surface area (Å²) in [5.74, 6) is -0.166. The molecule has 0 spiro atoms. The fourth-order valence-electron chi connectivity index (χ4n) is 2.52. The number of carbonyl (C=O) groups is 1. The van der Waals surface area contributed by atoms with Crippen molar-refractivity contribution in [1.29, 1.82) is 0 Å². The Balaban J connectivity index is 0.00000264. The minimum Gasteiger partial charge on any atom is -0.346 e. The molecule has 3 N–H and O–H groups in total. The first kappa shape index (κ1) is 19.5. The monoisotopic (exact) mass is 338 g/mol. The van der Waals surface area contributed by atoms with E-state index in [1.54, 1.807) is 6.92 Å². The van der Waals surface area contributed by atoms with Crippen molar-refractivity contribution in [2.75, 3.05) is 25.0 Å². The molecule has 5 nitrogen and oxygen atoms in total. The summed E-state index contributed by atoms with van der Waals surface area (Å²) in [4.78, 5) is 14.1. The van der Waals surface area contributed by atoms with Gasteiger partial charge in [-0.25, -0.2) is 0 Å². The number of fused-ring (bicyclic) bond motifs is 1. The number of nitrogens with one attached hydrogen (secondary N) is 1. The third kappa shape index (κ3) is 4.96. The summed E-state index contributed by atoms with van der Waals surface area (Å²) in [6.45, 7) is 10.2. The van der Waals surface area contributed by atoms with Gasteiger partial charge in [-0.2, -0.15) is 0 Å². The van der Waals surface area contributed by atoms with Crippen LogP contribution in [0.5, 0.6) is 0 Å². The maximum Gasteiger partial charge on any atom is 0.240 e. The van der Waals surface area contributed by atoms with Gasteiger partial charge in [0, 0.05) is 35.9 Å². The van der Waals surface area contributed by atoms with Crippen molar-refractivity contribution in [3.63, 3.8) is 0 Å². The second kappa shape index (κ2) is 8.91. The highest BCUT2D eigenvalue weighted by molar-refractivity contribution is 5.96. The van der Waals surface area contributed by atoms with E-state index in [1.807, 2.05) is 18.2 Å². The van der Waals surface area contributed by atoms with E-state index in [0.29, 0.717) is 0 Å². The first-order chi connectivity index (χ1) is 10.5. The molecule has 0 aliphatic rings. The van der Waals surface area contributed by atoms with Gasteiger partial charge in [0.25, 0.3) is 0 Å². The van der Waals surface area contributed by atoms with Gasteiger partial charge in [0.1, 0.15) is 0 Å². The van der Waals surface area contributed by atoms with Crippen LogP contribution in [0.4, 0.5) is 5.69 Å². The lowest BCUT2D eigenvalue weighted by Crippen LogP contribution is -2.32. The summed E-state index contributed by atoms with van der Waals surface area (Å²) in [5.41, 5.74) is 7.55. The average Bonchev–Trinajstić information content (AvgIpc) is 2.90. The highest BCUT2D eigenvalue weighted by atomic mass is 35.5. The fourth-order valence-corrected chi connectivity index (χ4v) is 2.52. The third-order valence-corrected chi connectivity index (χ3v) is 4.00. The van der Waals surface area contributed by atoms with Crippen molar-refractivity contribution in [2.45, 2.75) is 33.4 Å². The first-order valence-corrected chi connectivity index (χ1v) is 7.92. The van der Waals surface area contributed by atoms with Crippen LogP contribution in [-0.2, 0) is 11.3 Å². The molecule has 23 heavy (non-hydrogen) atoms. The molecule has 2 aromatic rings. The molecule has 6 heteroatoms. The number of nitrogens with two attached hydrogens (primary N) is 1. The molecule has 2 rings (SSSR count). The van der Waals surface area contributed by atoms with Crippen LogP contribution in [0.2, 0.25) is 0 Å². The van der Waals surface area contributed by atoms with E-state index < -0.39 is 6.04 Å². The van der Waals surface area contributed by atoms with E-state index in [1.165, 1.54) is 5.52 Å². The molecule has 0 saturated heterocycles. The minimum absolute atomic E-state index is 0. The van der Waals surface area contributed by atoms with Crippen LogP contribution in [-0.4, -0.2) is 41.1 Å². The van der Waals surface area contributed by atoms with Gasteiger partial charge in [-0.3, -0.25) is 4.79 Å². The van der Waals surface area contributed by atoms with E-state index >= 15 is 0 Å². The second-order valence-corrected chi connectivity index (χ2v) is 5.59. The van der Waals surface area contributed by atoms with E-state index in [2.05, 4.69) is 40.9 Å². The van der Waals surface area contributed by atoms with Gasteiger partial charge in [0.2, 0.25) is 5.91 Å². The average molecular weight is 339 g/mol. The highest BCUT2D eigenvalue weighted by Crippen LogP contribution is 2.20. The van der Waals surface area contributed by atoms with Gasteiger partial charge < -0.3 is 20.5 Å². The van der Waals surface area contributed by atoms with E-state index in [0.717, 1.165) is 37.3 Å². The Morgan fingerprint density at radius 1 is 1.30 bits per heavy atom. The molecule has 0 bridgehead atoms. The van der Waals surface area contributed by atoms with Crippen molar-refractivity contribution in [2.24, 2.45) is 5.73 Å². The summed E-state index contributed by atoms with van der Waals surface area (Å²) < 4.78 is 2.25. The number of hydrogen-bond acceptors (Lipinski definition) is 3. The lowest BCUT2D eigenvalue weighted by molar-refractivity contribution is -0.117. The zero-order valence-corrected chi connectivity index (χ0v) is 14.9. The molecule has 0 fully saturated rings. The smallest absolute Gasteiger partial charge is 0.240 e. The summed E-state index contributed by atoms with van der Waals surface area (Å²) in [7, 11) is 0. The number of aromatic nitrogens is 1. The topological polar surface area (TPSA) is 63.3 Å². The molecular formula is C17H27ClN4O. The number of hydrogen-bond donors (Lipinski definition) is 2. The number of carbonyl (C=O) groups excluding carboxylic acids is 1. The standard InChI is InChI=1S/C17H26N4O.ClH/c1-4-20(5-2)10-11-21-9-8-14-12-15(6-7-16(14)21)19-17(22)13(3)18;/h6-9,12-13H,4-5,10-11,18H2,1-3H3,(H,19,22);1H. The van der Waals surface area contributed by atoms with Crippen LogP contribution in [0.15, 0.2) is 30.5 Å². The van der Waals surface area contributed by atoms with Crippen LogP contribution in [0, 0.1) is 0 Å². The van der Waals surface area contributed by atoms with Gasteiger partial charge in [-0.1, -0.05) is 13.8 Å². The minimum atomic E-state index is -0.505. The van der Waals surface area contributed by atoms with Crippen molar-refractivity contribution < 1.29 is 4.79 Å². The number of halogens is 1. The molecule has 0 saturated carbocycles. The number of anilines is 1. The van der Waals surface area contributed by atoms with Crippen molar-refractivity contribution >= 4 is 34.9 Å². The van der Waals surface area contributed by atoms with Crippen molar-refractivity contribution in [1.82, 2.24) is 9.47 Å². The number of benzene rings is 1. The van der Waals surface area contributed by atoms with Gasteiger partial charge >= 0.3 is 0 Å². The van der Waals surface area contributed by atoms with E-state index in [4.69, 9.17) is 5.73 Å². The van der Waals surface area contributed by atoms with Crippen LogP contribution >= 0.6 is 12.4 Å². The lowest BCUT2D eigenvalue weighted by atomic mass is 10.2. The Hall–Kier alpha value is -1.56. The Morgan fingerprint density at radius 2 is 2.00 bits per heavy atom. The number of amides is 1. The predicted octanol–water partition coefficient (Wildman–Crippen LogP) is 2.69. The Bertz CT molecular complexity index is 635. The Kier molecular flexibility index (Phi) is 7.55. The van der Waals surface area contributed by atoms with E-state index in [9.17, 15) is 4.79 Å². The van der Waals surface area contributed by atoms with E-state index in [-0.39, 0.29) is 18.3 Å². The molecule has 1 heterocycles. The van der Waals surface area contributed by atoms with Crippen LogP contribution in [0.1, 0.15) is 20.8 Å². The van der Waals surface area contributed by atoms with Gasteiger partial charge in [-0.05, 0) is 44.3 Å². The lowest BCUT2D eigenvalue weighted by Gasteiger charge is -2.18. The molecule has 1 aromatic heterocycles. The molecule has 0 aliphatic carbocycles. The number of likely N-dealkylation sites (N-methyl/N-ethyl adjacent to an activating group) is 1. The molecule has 1 aromatic carbocycles. The van der Waals surface area contributed by atoms with Crippen LogP contribution in [0.25, 0.3) is 10.9 Å². The number of nitrogens with zero attached hydrogens (tertiary/aromatic N) is 2. The normalized spacial score (nSPS) is 12.2. The van der Waals surface area contributed by atoms with Crippen LogP contribution < -0.4 is 11.1 Å². The zero-order valence-electron chi connectivity index (χ0n) is 14.1. The third-order valence-electron chi connectivity index (χ3n) is 4.00. The molecular weight excluding hydrogens is 312 g/mol. The predicted molar refractivity (Wildman–Crippen MR) is 99.3 cm³/mol. The van der Waals surface area contributed by atoms with Gasteiger partial charge in [0.05, 0.1) is 6.04 Å². The fraction of sp³-hybridized carbons (Fsp3) is 0.471.